The number of rotatable bonds is 3. The molecule has 3 heteroatoms. The molecule has 0 aliphatic rings. The third-order valence-electron chi connectivity index (χ3n) is 3.68. The van der Waals surface area contributed by atoms with Gasteiger partial charge >= 0.3 is 0 Å². The lowest BCUT2D eigenvalue weighted by Gasteiger charge is -2.06. The minimum atomic E-state index is 0.530. The van der Waals surface area contributed by atoms with Crippen LogP contribution in [0.2, 0.25) is 0 Å². The molecule has 3 nitrogen and oxygen atoms in total. The van der Waals surface area contributed by atoms with E-state index in [1.54, 1.807) is 0 Å². The van der Waals surface area contributed by atoms with Crippen LogP contribution in [0, 0.1) is 6.92 Å². The smallest absolute Gasteiger partial charge is 0.212 e. The van der Waals surface area contributed by atoms with Crippen LogP contribution in [0.1, 0.15) is 11.1 Å². The summed E-state index contributed by atoms with van der Waals surface area (Å²) >= 11 is 0. The molecule has 0 aliphatic carbocycles. The number of benzene rings is 2. The molecule has 3 rings (SSSR count). The molecule has 1 heterocycles. The van der Waals surface area contributed by atoms with E-state index in [2.05, 4.69) is 27.9 Å². The Morgan fingerprint density at radius 1 is 1.00 bits per heavy atom. The number of hydrogen-bond acceptors (Lipinski definition) is 2. The highest BCUT2D eigenvalue weighted by molar-refractivity contribution is 6.00. The third kappa shape index (κ3) is 2.63. The second-order valence-corrected chi connectivity index (χ2v) is 5.06. The molecule has 0 atom stereocenters. The van der Waals surface area contributed by atoms with Crippen LogP contribution >= 0.6 is 0 Å². The van der Waals surface area contributed by atoms with Crippen molar-refractivity contribution >= 4 is 16.6 Å². The number of aromatic nitrogens is 1. The zero-order valence-electron chi connectivity index (χ0n) is 11.9. The first-order valence-electron chi connectivity index (χ1n) is 6.94. The molecule has 1 aromatic heterocycles. The lowest BCUT2D eigenvalue weighted by Crippen LogP contribution is -2.38. The Hall–Kier alpha value is -2.68. The molecular formula is C18H17N2O+. The van der Waals surface area contributed by atoms with Crippen molar-refractivity contribution in [1.82, 2.24) is 0 Å². The van der Waals surface area contributed by atoms with Crippen LogP contribution in [-0.4, -0.2) is 10.9 Å². The molecule has 0 spiro atoms. The maximum Gasteiger partial charge on any atom is 0.212 e. The van der Waals surface area contributed by atoms with E-state index in [-0.39, 0.29) is 0 Å². The van der Waals surface area contributed by atoms with Crippen LogP contribution in [0.15, 0.2) is 72.0 Å². The number of oxime groups is 1. The molecule has 0 bridgehead atoms. The number of aryl methyl sites for hydroxylation is 1. The zero-order valence-corrected chi connectivity index (χ0v) is 11.9. The standard InChI is InChI=1S/C18H16N2O/c1-14-7-2-4-10-16(14)17(19-21)13-20-12-6-9-15-8-3-5-11-18(15)20/h2-12H,13H2,1H3/p+1. The Labute approximate surface area is 123 Å². The Kier molecular flexibility index (Phi) is 3.65. The average Bonchev–Trinajstić information content (AvgIpc) is 2.53. The lowest BCUT2D eigenvalue weighted by molar-refractivity contribution is -0.655. The molecule has 1 N–H and O–H groups in total. The minimum Gasteiger partial charge on any atom is -0.410 e. The molecule has 0 radical (unpaired) electrons. The summed E-state index contributed by atoms with van der Waals surface area (Å²) in [6, 6.07) is 20.2. The number of nitrogens with zero attached hydrogens (tertiary/aromatic N) is 2. The van der Waals surface area contributed by atoms with Gasteiger partial charge < -0.3 is 5.21 Å². The SMILES string of the molecule is Cc1ccccc1C(C[n+]1cccc2ccccc21)=NO. The van der Waals surface area contributed by atoms with Gasteiger partial charge in [-0.25, -0.2) is 0 Å². The minimum absolute atomic E-state index is 0.530. The van der Waals surface area contributed by atoms with E-state index in [1.165, 1.54) is 5.39 Å². The third-order valence-corrected chi connectivity index (χ3v) is 3.68. The second-order valence-electron chi connectivity index (χ2n) is 5.06. The Balaban J connectivity index is 2.03. The first kappa shape index (κ1) is 13.3. The lowest BCUT2D eigenvalue weighted by atomic mass is 10.0. The van der Waals surface area contributed by atoms with E-state index in [0.29, 0.717) is 12.3 Å². The molecule has 104 valence electrons. The largest absolute Gasteiger partial charge is 0.410 e. The summed E-state index contributed by atoms with van der Waals surface area (Å²) in [5.74, 6) is 0. The fourth-order valence-corrected chi connectivity index (χ4v) is 2.59. The zero-order chi connectivity index (χ0) is 14.7. The van der Waals surface area contributed by atoms with Crippen LogP contribution in [0.4, 0.5) is 0 Å². The van der Waals surface area contributed by atoms with Gasteiger partial charge in [-0.15, -0.1) is 0 Å². The Bertz CT molecular complexity index is 804. The van der Waals surface area contributed by atoms with Gasteiger partial charge in [0.25, 0.3) is 0 Å². The Morgan fingerprint density at radius 3 is 2.52 bits per heavy atom. The fourth-order valence-electron chi connectivity index (χ4n) is 2.59. The topological polar surface area (TPSA) is 36.5 Å². The highest BCUT2D eigenvalue weighted by Crippen LogP contribution is 2.11. The van der Waals surface area contributed by atoms with Gasteiger partial charge in [0.15, 0.2) is 18.5 Å². The van der Waals surface area contributed by atoms with Gasteiger partial charge in [-0.1, -0.05) is 41.6 Å². The predicted molar refractivity (Wildman–Crippen MR) is 83.6 cm³/mol. The van der Waals surface area contributed by atoms with E-state index in [9.17, 15) is 5.21 Å². The van der Waals surface area contributed by atoms with E-state index < -0.39 is 0 Å². The summed E-state index contributed by atoms with van der Waals surface area (Å²) in [7, 11) is 0. The number of para-hydroxylation sites is 1. The van der Waals surface area contributed by atoms with Gasteiger partial charge in [0.05, 0.1) is 0 Å². The molecule has 0 unspecified atom stereocenters. The Morgan fingerprint density at radius 2 is 1.71 bits per heavy atom. The molecule has 3 aromatic rings. The second kappa shape index (κ2) is 5.75. The van der Waals surface area contributed by atoms with Crippen LogP contribution in [0.25, 0.3) is 10.9 Å². The van der Waals surface area contributed by atoms with E-state index >= 15 is 0 Å². The number of pyridine rings is 1. The van der Waals surface area contributed by atoms with Crippen molar-refractivity contribution in [3.63, 3.8) is 0 Å². The predicted octanol–water partition coefficient (Wildman–Crippen LogP) is 3.31. The highest BCUT2D eigenvalue weighted by atomic mass is 16.4. The van der Waals surface area contributed by atoms with Crippen molar-refractivity contribution in [3.8, 4) is 0 Å². The van der Waals surface area contributed by atoms with Crippen molar-refractivity contribution in [2.24, 2.45) is 5.16 Å². The maximum absolute atomic E-state index is 9.41. The van der Waals surface area contributed by atoms with Crippen LogP contribution < -0.4 is 4.57 Å². The normalized spacial score (nSPS) is 11.8. The first-order chi connectivity index (χ1) is 10.3. The summed E-state index contributed by atoms with van der Waals surface area (Å²) in [5, 5.41) is 14.1. The molecule has 0 fully saturated rings. The van der Waals surface area contributed by atoms with Crippen molar-refractivity contribution < 1.29 is 9.77 Å². The number of hydrogen-bond donors (Lipinski definition) is 1. The van der Waals surface area contributed by atoms with Crippen LogP contribution in [0.3, 0.4) is 0 Å². The summed E-state index contributed by atoms with van der Waals surface area (Å²) in [4.78, 5) is 0. The molecule has 2 aromatic carbocycles. The first-order valence-corrected chi connectivity index (χ1v) is 6.94. The monoisotopic (exact) mass is 277 g/mol. The van der Waals surface area contributed by atoms with Crippen molar-refractivity contribution in [2.75, 3.05) is 0 Å². The van der Waals surface area contributed by atoms with Gasteiger partial charge in [-0.3, -0.25) is 0 Å². The van der Waals surface area contributed by atoms with Gasteiger partial charge in [0.2, 0.25) is 5.52 Å². The van der Waals surface area contributed by atoms with Gasteiger partial charge in [0, 0.05) is 23.1 Å². The van der Waals surface area contributed by atoms with E-state index in [4.69, 9.17) is 0 Å². The summed E-state index contributed by atoms with van der Waals surface area (Å²) in [5.41, 5.74) is 3.86. The molecule has 0 amide bonds. The van der Waals surface area contributed by atoms with E-state index in [0.717, 1.165) is 16.6 Å². The summed E-state index contributed by atoms with van der Waals surface area (Å²) < 4.78 is 2.09. The molecule has 0 aliphatic heterocycles. The molecule has 0 saturated carbocycles. The van der Waals surface area contributed by atoms with Crippen molar-refractivity contribution in [2.45, 2.75) is 13.5 Å². The van der Waals surface area contributed by atoms with Gasteiger partial charge in [-0.2, -0.15) is 4.57 Å². The summed E-state index contributed by atoms with van der Waals surface area (Å²) in [6.45, 7) is 2.55. The van der Waals surface area contributed by atoms with Crippen LogP contribution in [-0.2, 0) is 6.54 Å². The molecule has 0 saturated heterocycles. The molecular weight excluding hydrogens is 260 g/mol. The molecule has 21 heavy (non-hydrogen) atoms. The highest BCUT2D eigenvalue weighted by Gasteiger charge is 2.15. The van der Waals surface area contributed by atoms with Crippen molar-refractivity contribution in [3.05, 3.63) is 78.0 Å². The van der Waals surface area contributed by atoms with Crippen molar-refractivity contribution in [1.29, 1.82) is 0 Å². The van der Waals surface area contributed by atoms with E-state index in [1.807, 2.05) is 55.6 Å². The quantitative estimate of drug-likeness (QED) is 0.339. The van der Waals surface area contributed by atoms with Crippen LogP contribution in [0.5, 0.6) is 0 Å². The van der Waals surface area contributed by atoms with Gasteiger partial charge in [-0.05, 0) is 24.6 Å². The average molecular weight is 277 g/mol. The maximum atomic E-state index is 9.41. The summed E-state index contributed by atoms with van der Waals surface area (Å²) in [6.07, 6.45) is 2.01. The fraction of sp³-hybridized carbons (Fsp3) is 0.111. The number of fused-ring (bicyclic) bond motifs is 1. The van der Waals surface area contributed by atoms with Gasteiger partial charge in [0.1, 0.15) is 0 Å².